The van der Waals surface area contributed by atoms with Crippen LogP contribution in [0.15, 0.2) is 47.6 Å². The van der Waals surface area contributed by atoms with Crippen LogP contribution in [-0.4, -0.2) is 87.6 Å². The molecule has 1 aliphatic rings. The Bertz CT molecular complexity index is 927. The molecule has 1 amide bonds. The molecule has 0 aliphatic carbocycles. The van der Waals surface area contributed by atoms with Gasteiger partial charge in [0.2, 0.25) is 0 Å². The Kier molecular flexibility index (Phi) is 10.9. The van der Waals surface area contributed by atoms with Crippen LogP contribution in [0.1, 0.15) is 21.5 Å². The van der Waals surface area contributed by atoms with E-state index >= 15 is 0 Å². The molecular formula is C24H36IN7O. The Balaban J connectivity index is 0.00000385. The van der Waals surface area contributed by atoms with Crippen LogP contribution in [0.4, 0.5) is 5.82 Å². The number of likely N-dealkylation sites (N-methyl/N-ethyl adjacent to an activating group) is 1. The summed E-state index contributed by atoms with van der Waals surface area (Å²) in [4.78, 5) is 27.3. The summed E-state index contributed by atoms with van der Waals surface area (Å²) in [6, 6.07) is 12.0. The largest absolute Gasteiger partial charge is 0.356 e. The molecule has 3 rings (SSSR count). The smallest absolute Gasteiger partial charge is 0.253 e. The number of nitrogens with zero attached hydrogens (tertiary/aromatic N) is 5. The minimum absolute atomic E-state index is 0. The summed E-state index contributed by atoms with van der Waals surface area (Å²) in [5, 5.41) is 6.73. The van der Waals surface area contributed by atoms with Crippen molar-refractivity contribution in [2.45, 2.75) is 13.0 Å². The van der Waals surface area contributed by atoms with Crippen LogP contribution in [0, 0.1) is 0 Å². The highest BCUT2D eigenvalue weighted by atomic mass is 127. The van der Waals surface area contributed by atoms with Crippen molar-refractivity contribution in [3.8, 4) is 0 Å². The quantitative estimate of drug-likeness (QED) is 0.304. The van der Waals surface area contributed by atoms with E-state index in [4.69, 9.17) is 0 Å². The number of carbonyl (C=O) groups excluding carboxylic acids is 1. The predicted molar refractivity (Wildman–Crippen MR) is 146 cm³/mol. The van der Waals surface area contributed by atoms with Gasteiger partial charge in [-0.15, -0.1) is 24.0 Å². The van der Waals surface area contributed by atoms with Crippen molar-refractivity contribution < 1.29 is 4.79 Å². The first-order chi connectivity index (χ1) is 15.5. The normalized spacial score (nSPS) is 14.4. The monoisotopic (exact) mass is 565 g/mol. The van der Waals surface area contributed by atoms with E-state index in [1.54, 1.807) is 26.0 Å². The number of aliphatic imine (C=N–C) groups is 1. The number of guanidine groups is 1. The standard InChI is InChI=1S/C24H35N7O.HI/c1-25-24(27-11-8-19-6-5-7-21(16-19)23(32)29(2)3)28-18-20-9-10-26-22(17-20)31-14-12-30(4)13-15-31;/h5-7,9-10,16-17H,8,11-15,18H2,1-4H3,(H2,25,27,28);1H. The molecule has 0 radical (unpaired) electrons. The Morgan fingerprint density at radius 1 is 1.09 bits per heavy atom. The molecule has 1 aromatic heterocycles. The van der Waals surface area contributed by atoms with Crippen molar-refractivity contribution in [3.63, 3.8) is 0 Å². The second-order valence-corrected chi connectivity index (χ2v) is 8.32. The summed E-state index contributed by atoms with van der Waals surface area (Å²) in [6.45, 7) is 5.54. The van der Waals surface area contributed by atoms with Crippen LogP contribution >= 0.6 is 24.0 Å². The summed E-state index contributed by atoms with van der Waals surface area (Å²) in [6.07, 6.45) is 2.68. The van der Waals surface area contributed by atoms with Gasteiger partial charge in [0.15, 0.2) is 5.96 Å². The molecule has 8 nitrogen and oxygen atoms in total. The van der Waals surface area contributed by atoms with Crippen LogP contribution < -0.4 is 15.5 Å². The number of anilines is 1. The van der Waals surface area contributed by atoms with Gasteiger partial charge >= 0.3 is 0 Å². The van der Waals surface area contributed by atoms with E-state index in [0.717, 1.165) is 56.5 Å². The molecule has 0 unspecified atom stereocenters. The predicted octanol–water partition coefficient (Wildman–Crippen LogP) is 2.06. The molecule has 2 N–H and O–H groups in total. The summed E-state index contributed by atoms with van der Waals surface area (Å²) >= 11 is 0. The molecule has 1 aromatic carbocycles. The first-order valence-electron chi connectivity index (χ1n) is 11.1. The van der Waals surface area contributed by atoms with Gasteiger partial charge in [-0.2, -0.15) is 0 Å². The van der Waals surface area contributed by atoms with Crippen molar-refractivity contribution in [1.82, 2.24) is 25.4 Å². The minimum Gasteiger partial charge on any atom is -0.356 e. The number of benzene rings is 1. The third-order valence-corrected chi connectivity index (χ3v) is 5.61. The van der Waals surface area contributed by atoms with Crippen molar-refractivity contribution in [3.05, 3.63) is 59.3 Å². The molecule has 180 valence electrons. The Morgan fingerprint density at radius 2 is 1.85 bits per heavy atom. The maximum atomic E-state index is 12.2. The van der Waals surface area contributed by atoms with Gasteiger partial charge in [-0.3, -0.25) is 9.79 Å². The topological polar surface area (TPSA) is 76.1 Å². The zero-order valence-corrected chi connectivity index (χ0v) is 22.4. The summed E-state index contributed by atoms with van der Waals surface area (Å²) in [7, 11) is 7.46. The summed E-state index contributed by atoms with van der Waals surface area (Å²) < 4.78 is 0. The molecule has 0 spiro atoms. The van der Waals surface area contributed by atoms with Gasteiger partial charge in [0.1, 0.15) is 5.82 Å². The zero-order valence-electron chi connectivity index (χ0n) is 20.0. The molecule has 33 heavy (non-hydrogen) atoms. The minimum atomic E-state index is 0. The average molecular weight is 566 g/mol. The lowest BCUT2D eigenvalue weighted by Gasteiger charge is -2.33. The number of halogens is 1. The summed E-state index contributed by atoms with van der Waals surface area (Å²) in [5.41, 5.74) is 3.00. The number of hydrogen-bond donors (Lipinski definition) is 2. The van der Waals surface area contributed by atoms with E-state index in [1.807, 2.05) is 36.5 Å². The fourth-order valence-corrected chi connectivity index (χ4v) is 3.63. The maximum absolute atomic E-state index is 12.2. The van der Waals surface area contributed by atoms with Crippen LogP contribution in [-0.2, 0) is 13.0 Å². The van der Waals surface area contributed by atoms with E-state index in [1.165, 1.54) is 5.56 Å². The van der Waals surface area contributed by atoms with Crippen LogP contribution in [0.5, 0.6) is 0 Å². The van der Waals surface area contributed by atoms with Crippen molar-refractivity contribution in [2.75, 3.05) is 65.8 Å². The first-order valence-corrected chi connectivity index (χ1v) is 11.1. The SMILES string of the molecule is CN=C(NCCc1cccc(C(=O)N(C)C)c1)NCc1ccnc(N2CCN(C)CC2)c1.I. The number of rotatable bonds is 7. The summed E-state index contributed by atoms with van der Waals surface area (Å²) in [5.74, 6) is 1.81. The number of pyridine rings is 1. The van der Waals surface area contributed by atoms with E-state index in [0.29, 0.717) is 12.1 Å². The second-order valence-electron chi connectivity index (χ2n) is 8.32. The number of piperazine rings is 1. The molecule has 0 saturated carbocycles. The molecule has 1 fully saturated rings. The highest BCUT2D eigenvalue weighted by molar-refractivity contribution is 14.0. The van der Waals surface area contributed by atoms with Gasteiger partial charge < -0.3 is 25.3 Å². The van der Waals surface area contributed by atoms with Crippen LogP contribution in [0.2, 0.25) is 0 Å². The Morgan fingerprint density at radius 3 is 2.55 bits per heavy atom. The fourth-order valence-electron chi connectivity index (χ4n) is 3.63. The Labute approximate surface area is 214 Å². The number of nitrogens with one attached hydrogen (secondary N) is 2. The molecule has 2 heterocycles. The lowest BCUT2D eigenvalue weighted by Crippen LogP contribution is -2.44. The van der Waals surface area contributed by atoms with Crippen molar-refractivity contribution in [2.24, 2.45) is 4.99 Å². The van der Waals surface area contributed by atoms with Crippen LogP contribution in [0.25, 0.3) is 0 Å². The lowest BCUT2D eigenvalue weighted by molar-refractivity contribution is 0.0827. The number of aromatic nitrogens is 1. The van der Waals surface area contributed by atoms with E-state index < -0.39 is 0 Å². The number of hydrogen-bond acceptors (Lipinski definition) is 5. The third kappa shape index (κ3) is 8.15. The van der Waals surface area contributed by atoms with Crippen molar-refractivity contribution >= 4 is 41.7 Å². The van der Waals surface area contributed by atoms with Gasteiger partial charge in [0.05, 0.1) is 0 Å². The van der Waals surface area contributed by atoms with Gasteiger partial charge in [-0.1, -0.05) is 12.1 Å². The third-order valence-electron chi connectivity index (χ3n) is 5.61. The molecular weight excluding hydrogens is 529 g/mol. The second kappa shape index (κ2) is 13.3. The molecule has 0 atom stereocenters. The molecule has 1 saturated heterocycles. The number of amides is 1. The fraction of sp³-hybridized carbons (Fsp3) is 0.458. The van der Waals surface area contributed by atoms with E-state index in [-0.39, 0.29) is 29.9 Å². The lowest BCUT2D eigenvalue weighted by atomic mass is 10.1. The van der Waals surface area contributed by atoms with Crippen LogP contribution in [0.3, 0.4) is 0 Å². The molecule has 1 aliphatic heterocycles. The van der Waals surface area contributed by atoms with Crippen molar-refractivity contribution in [1.29, 1.82) is 0 Å². The Hall–Kier alpha value is -2.40. The first kappa shape index (κ1) is 26.8. The van der Waals surface area contributed by atoms with Gasteiger partial charge in [-0.25, -0.2) is 4.98 Å². The van der Waals surface area contributed by atoms with E-state index in [2.05, 4.69) is 43.5 Å². The number of carbonyl (C=O) groups is 1. The highest BCUT2D eigenvalue weighted by Gasteiger charge is 2.15. The molecule has 2 aromatic rings. The van der Waals surface area contributed by atoms with E-state index in [9.17, 15) is 4.79 Å². The van der Waals surface area contributed by atoms with Gasteiger partial charge in [0, 0.05) is 72.2 Å². The highest BCUT2D eigenvalue weighted by Crippen LogP contribution is 2.14. The maximum Gasteiger partial charge on any atom is 0.253 e. The molecule has 0 bridgehead atoms. The average Bonchev–Trinajstić information content (AvgIpc) is 2.81. The van der Waals surface area contributed by atoms with Gasteiger partial charge in [-0.05, 0) is 48.9 Å². The molecule has 9 heteroatoms. The van der Waals surface area contributed by atoms with Gasteiger partial charge in [0.25, 0.3) is 5.91 Å². The zero-order chi connectivity index (χ0) is 22.9.